The molecule has 5 rings (SSSR count). The van der Waals surface area contributed by atoms with Crippen molar-refractivity contribution in [2.45, 2.75) is 31.5 Å². The Kier molecular flexibility index (Phi) is 5.70. The van der Waals surface area contributed by atoms with Gasteiger partial charge < -0.3 is 9.84 Å². The van der Waals surface area contributed by atoms with Crippen molar-refractivity contribution >= 4 is 11.0 Å². The van der Waals surface area contributed by atoms with Crippen molar-refractivity contribution in [2.24, 2.45) is 7.05 Å². The second-order valence-corrected chi connectivity index (χ2v) is 8.74. The maximum atomic E-state index is 12.7. The van der Waals surface area contributed by atoms with Crippen molar-refractivity contribution in [1.82, 2.24) is 24.2 Å². The second kappa shape index (κ2) is 8.80. The van der Waals surface area contributed by atoms with Crippen LogP contribution in [0.3, 0.4) is 0 Å². The molecule has 0 unspecified atom stereocenters. The third-order valence-corrected chi connectivity index (χ3v) is 6.28. The Morgan fingerprint density at radius 3 is 2.45 bits per heavy atom. The van der Waals surface area contributed by atoms with Crippen LogP contribution in [0.5, 0.6) is 11.5 Å². The fourth-order valence-electron chi connectivity index (χ4n) is 4.33. The Labute approximate surface area is 191 Å². The Hall–Kier alpha value is -3.49. The van der Waals surface area contributed by atoms with Crippen LogP contribution in [0.4, 0.5) is 0 Å². The van der Waals surface area contributed by atoms with Gasteiger partial charge in [-0.3, -0.25) is 18.9 Å². The standard InChI is InChI=1S/C25H27N5O3/c1-28-23-22(15-27-28)24(31)30(18-26-23)17-25(32)11-13-29(14-12-25)16-19-7-9-21(10-8-19)33-20-5-3-2-4-6-20/h2-10,15,18,32H,11-14,16-17H2,1H3. The smallest absolute Gasteiger partial charge is 0.264 e. The van der Waals surface area contributed by atoms with Crippen molar-refractivity contribution in [3.05, 3.63) is 83.0 Å². The quantitative estimate of drug-likeness (QED) is 0.491. The van der Waals surface area contributed by atoms with E-state index in [-0.39, 0.29) is 12.1 Å². The number of fused-ring (bicyclic) bond motifs is 1. The number of para-hydroxylation sites is 1. The van der Waals surface area contributed by atoms with Crippen LogP contribution in [-0.4, -0.2) is 48.0 Å². The van der Waals surface area contributed by atoms with Crippen molar-refractivity contribution in [3.8, 4) is 11.5 Å². The number of aryl methyl sites for hydroxylation is 1. The minimum absolute atomic E-state index is 0.165. The Balaban J connectivity index is 1.18. The van der Waals surface area contributed by atoms with E-state index in [9.17, 15) is 9.90 Å². The highest BCUT2D eigenvalue weighted by molar-refractivity contribution is 5.72. The minimum Gasteiger partial charge on any atom is -0.457 e. The molecule has 2 aromatic heterocycles. The van der Waals surface area contributed by atoms with Crippen LogP contribution in [-0.2, 0) is 20.1 Å². The van der Waals surface area contributed by atoms with E-state index in [0.29, 0.717) is 23.9 Å². The number of aliphatic hydroxyl groups is 1. The van der Waals surface area contributed by atoms with Crippen molar-refractivity contribution in [2.75, 3.05) is 13.1 Å². The van der Waals surface area contributed by atoms with Gasteiger partial charge in [0.1, 0.15) is 23.2 Å². The van der Waals surface area contributed by atoms with Crippen LogP contribution in [0.15, 0.2) is 71.9 Å². The second-order valence-electron chi connectivity index (χ2n) is 8.74. The molecule has 0 radical (unpaired) electrons. The summed E-state index contributed by atoms with van der Waals surface area (Å²) >= 11 is 0. The average molecular weight is 446 g/mol. The van der Waals surface area contributed by atoms with E-state index in [4.69, 9.17) is 4.74 Å². The van der Waals surface area contributed by atoms with E-state index < -0.39 is 5.60 Å². The van der Waals surface area contributed by atoms with E-state index in [1.807, 2.05) is 42.5 Å². The molecule has 0 amide bonds. The summed E-state index contributed by atoms with van der Waals surface area (Å²) in [5.74, 6) is 1.63. The summed E-state index contributed by atoms with van der Waals surface area (Å²) in [7, 11) is 1.76. The molecule has 33 heavy (non-hydrogen) atoms. The number of benzene rings is 2. The first kappa shape index (κ1) is 21.4. The van der Waals surface area contributed by atoms with Crippen LogP contribution in [0.2, 0.25) is 0 Å². The summed E-state index contributed by atoms with van der Waals surface area (Å²) in [6, 6.07) is 17.8. The highest BCUT2D eigenvalue weighted by Gasteiger charge is 2.33. The van der Waals surface area contributed by atoms with Gasteiger partial charge in [0.25, 0.3) is 5.56 Å². The van der Waals surface area contributed by atoms with Crippen molar-refractivity contribution < 1.29 is 9.84 Å². The van der Waals surface area contributed by atoms with Crippen molar-refractivity contribution in [1.29, 1.82) is 0 Å². The summed E-state index contributed by atoms with van der Waals surface area (Å²) < 4.78 is 8.94. The summed E-state index contributed by atoms with van der Waals surface area (Å²) in [5.41, 5.74) is 0.661. The molecular formula is C25H27N5O3. The minimum atomic E-state index is -0.925. The van der Waals surface area contributed by atoms with Crippen LogP contribution in [0.25, 0.3) is 11.0 Å². The van der Waals surface area contributed by atoms with E-state index >= 15 is 0 Å². The van der Waals surface area contributed by atoms with Gasteiger partial charge in [0, 0.05) is 26.7 Å². The molecule has 3 heterocycles. The van der Waals surface area contributed by atoms with Crippen LogP contribution < -0.4 is 10.3 Å². The summed E-state index contributed by atoms with van der Waals surface area (Å²) in [4.78, 5) is 19.4. The van der Waals surface area contributed by atoms with E-state index in [2.05, 4.69) is 27.1 Å². The molecule has 8 heteroatoms. The van der Waals surface area contributed by atoms with Crippen molar-refractivity contribution in [3.63, 3.8) is 0 Å². The highest BCUT2D eigenvalue weighted by atomic mass is 16.5. The summed E-state index contributed by atoms with van der Waals surface area (Å²) in [6.45, 7) is 2.57. The molecule has 2 aromatic carbocycles. The lowest BCUT2D eigenvalue weighted by atomic mass is 9.91. The molecule has 0 spiro atoms. The molecule has 0 saturated carbocycles. The topological polar surface area (TPSA) is 85.4 Å². The van der Waals surface area contributed by atoms with Gasteiger partial charge in [-0.25, -0.2) is 4.98 Å². The predicted molar refractivity (Wildman–Crippen MR) is 125 cm³/mol. The number of nitrogens with zero attached hydrogens (tertiary/aromatic N) is 5. The average Bonchev–Trinajstić information content (AvgIpc) is 3.21. The normalized spacial score (nSPS) is 16.2. The highest BCUT2D eigenvalue weighted by Crippen LogP contribution is 2.26. The number of piperidine rings is 1. The zero-order chi connectivity index (χ0) is 22.8. The molecule has 0 bridgehead atoms. The molecule has 1 saturated heterocycles. The van der Waals surface area contributed by atoms with E-state index in [1.165, 1.54) is 22.7 Å². The lowest BCUT2D eigenvalue weighted by Gasteiger charge is -2.38. The maximum absolute atomic E-state index is 12.7. The summed E-state index contributed by atoms with van der Waals surface area (Å²) in [5, 5.41) is 15.7. The molecule has 4 aromatic rings. The van der Waals surface area contributed by atoms with Gasteiger partial charge in [0.05, 0.1) is 18.3 Å². The first-order chi connectivity index (χ1) is 16.0. The first-order valence-corrected chi connectivity index (χ1v) is 11.1. The first-order valence-electron chi connectivity index (χ1n) is 11.1. The third-order valence-electron chi connectivity index (χ3n) is 6.28. The molecule has 8 nitrogen and oxygen atoms in total. The number of rotatable bonds is 6. The van der Waals surface area contributed by atoms with Gasteiger partial charge in [-0.1, -0.05) is 30.3 Å². The Bertz CT molecular complexity index is 1290. The summed E-state index contributed by atoms with van der Waals surface area (Å²) in [6.07, 6.45) is 4.24. The zero-order valence-corrected chi connectivity index (χ0v) is 18.6. The Morgan fingerprint density at radius 1 is 1.03 bits per heavy atom. The van der Waals surface area contributed by atoms with Gasteiger partial charge in [0.2, 0.25) is 0 Å². The number of ether oxygens (including phenoxy) is 1. The molecule has 1 aliphatic heterocycles. The molecular weight excluding hydrogens is 418 g/mol. The van der Waals surface area contributed by atoms with E-state index in [0.717, 1.165) is 31.1 Å². The molecule has 0 aliphatic carbocycles. The number of hydrogen-bond donors (Lipinski definition) is 1. The third kappa shape index (κ3) is 4.67. The fraction of sp³-hybridized carbons (Fsp3) is 0.320. The molecule has 1 aliphatic rings. The van der Waals surface area contributed by atoms with Crippen LogP contribution in [0, 0.1) is 0 Å². The predicted octanol–water partition coefficient (Wildman–Crippen LogP) is 2.95. The Morgan fingerprint density at radius 2 is 1.73 bits per heavy atom. The monoisotopic (exact) mass is 445 g/mol. The zero-order valence-electron chi connectivity index (χ0n) is 18.6. The largest absolute Gasteiger partial charge is 0.457 e. The molecule has 1 N–H and O–H groups in total. The van der Waals surface area contributed by atoms with Gasteiger partial charge >= 0.3 is 0 Å². The van der Waals surface area contributed by atoms with E-state index in [1.54, 1.807) is 11.7 Å². The van der Waals surface area contributed by atoms with Gasteiger partial charge in [0.15, 0.2) is 5.65 Å². The lowest BCUT2D eigenvalue weighted by molar-refractivity contribution is -0.0364. The fourth-order valence-corrected chi connectivity index (χ4v) is 4.33. The van der Waals surface area contributed by atoms with Gasteiger partial charge in [-0.15, -0.1) is 0 Å². The van der Waals surface area contributed by atoms with Crippen LogP contribution >= 0.6 is 0 Å². The number of aromatic nitrogens is 4. The van der Waals surface area contributed by atoms with Gasteiger partial charge in [-0.2, -0.15) is 5.10 Å². The SMILES string of the molecule is Cn1ncc2c(=O)n(CC3(O)CCN(Cc4ccc(Oc5ccccc5)cc4)CC3)cnc21. The lowest BCUT2D eigenvalue weighted by Crippen LogP contribution is -2.47. The maximum Gasteiger partial charge on any atom is 0.264 e. The molecule has 170 valence electrons. The van der Waals surface area contributed by atoms with Gasteiger partial charge in [-0.05, 0) is 42.7 Å². The molecule has 1 fully saturated rings. The van der Waals surface area contributed by atoms with Crippen LogP contribution in [0.1, 0.15) is 18.4 Å². The number of likely N-dealkylation sites (tertiary alicyclic amines) is 1. The number of hydrogen-bond acceptors (Lipinski definition) is 6. The molecule has 0 atom stereocenters.